The molecule has 0 saturated carbocycles. The Morgan fingerprint density at radius 1 is 1.15 bits per heavy atom. The fraction of sp³-hybridized carbons (Fsp3) is 0.593. The lowest BCUT2D eigenvalue weighted by atomic mass is 9.80. The zero-order valence-electron chi connectivity index (χ0n) is 23.1. The van der Waals surface area contributed by atoms with Crippen LogP contribution in [0.15, 0.2) is 46.5 Å². The summed E-state index contributed by atoms with van der Waals surface area (Å²) in [4.78, 5) is 12.0. The molecule has 3 rings (SSSR count). The number of carbonyl (C=O) groups is 1. The fourth-order valence-electron chi connectivity index (χ4n) is 4.67. The molecule has 224 valence electrons. The highest BCUT2D eigenvalue weighted by molar-refractivity contribution is 7.88. The summed E-state index contributed by atoms with van der Waals surface area (Å²) in [5, 5.41) is 37.9. The summed E-state index contributed by atoms with van der Waals surface area (Å²) in [6.07, 6.45) is -2.05. The van der Waals surface area contributed by atoms with Gasteiger partial charge >= 0.3 is 6.03 Å². The Morgan fingerprint density at radius 3 is 2.45 bits per heavy atom. The summed E-state index contributed by atoms with van der Waals surface area (Å²) >= 11 is 6.63. The summed E-state index contributed by atoms with van der Waals surface area (Å²) in [5.74, 6) is 0.508. The maximum Gasteiger partial charge on any atom is 0.315 e. The van der Waals surface area contributed by atoms with E-state index in [0.29, 0.717) is 23.6 Å². The van der Waals surface area contributed by atoms with E-state index < -0.39 is 46.6 Å². The van der Waals surface area contributed by atoms with Gasteiger partial charge in [-0.1, -0.05) is 36.7 Å². The molecular weight excluding hydrogens is 562 g/mol. The van der Waals surface area contributed by atoms with Crippen molar-refractivity contribution in [1.29, 1.82) is 0 Å². The SMILES string of the molecule is CC(C)NC(=O)NC[C@H]1O[C@@H](C2=CC(Cc3ccc(OCCNS(C)(=O)=O)cc3)=C(Cl)CC2C)[C@H](O)[C@@H](O)[C@@H]1O. The van der Waals surface area contributed by atoms with Crippen LogP contribution in [0.4, 0.5) is 4.79 Å². The fourth-order valence-corrected chi connectivity index (χ4v) is 5.48. The Kier molecular flexibility index (Phi) is 11.4. The predicted molar refractivity (Wildman–Crippen MR) is 152 cm³/mol. The Labute approximate surface area is 240 Å². The van der Waals surface area contributed by atoms with E-state index in [2.05, 4.69) is 15.4 Å². The second kappa shape index (κ2) is 14.1. The van der Waals surface area contributed by atoms with Gasteiger partial charge in [0.1, 0.15) is 42.9 Å². The van der Waals surface area contributed by atoms with E-state index in [0.717, 1.165) is 23.0 Å². The molecule has 13 heteroatoms. The largest absolute Gasteiger partial charge is 0.492 e. The minimum absolute atomic E-state index is 0.0517. The average molecular weight is 602 g/mol. The molecule has 1 aromatic rings. The number of aliphatic hydroxyl groups is 3. The summed E-state index contributed by atoms with van der Waals surface area (Å²) in [6, 6.07) is 6.86. The van der Waals surface area contributed by atoms with Crippen molar-refractivity contribution in [2.24, 2.45) is 5.92 Å². The molecule has 6 N–H and O–H groups in total. The minimum Gasteiger partial charge on any atom is -0.492 e. The molecule has 6 atom stereocenters. The Hall–Kier alpha value is -2.19. The number of hydrogen-bond donors (Lipinski definition) is 6. The number of halogens is 1. The first kappa shape index (κ1) is 32.3. The van der Waals surface area contributed by atoms with Crippen LogP contribution in [0, 0.1) is 5.92 Å². The summed E-state index contributed by atoms with van der Waals surface area (Å²) in [5.41, 5.74) is 2.54. The van der Waals surface area contributed by atoms with E-state index in [9.17, 15) is 28.5 Å². The molecule has 1 fully saturated rings. The number of hydrogen-bond acceptors (Lipinski definition) is 8. The summed E-state index contributed by atoms with van der Waals surface area (Å²) < 4.78 is 36.3. The Bertz CT molecular complexity index is 1190. The van der Waals surface area contributed by atoms with Crippen molar-refractivity contribution in [3.05, 3.63) is 52.1 Å². The number of aliphatic hydroxyl groups excluding tert-OH is 3. The van der Waals surface area contributed by atoms with Crippen molar-refractivity contribution >= 4 is 27.7 Å². The summed E-state index contributed by atoms with van der Waals surface area (Å²) in [7, 11) is -3.27. The molecule has 1 saturated heterocycles. The quantitative estimate of drug-likeness (QED) is 0.206. The van der Waals surface area contributed by atoms with Gasteiger partial charge in [0, 0.05) is 24.2 Å². The van der Waals surface area contributed by atoms with Crippen LogP contribution in [0.25, 0.3) is 0 Å². The predicted octanol–water partition coefficient (Wildman–Crippen LogP) is 1.17. The van der Waals surface area contributed by atoms with Crippen LogP contribution in [-0.4, -0.2) is 92.3 Å². The zero-order chi connectivity index (χ0) is 29.6. The molecule has 1 heterocycles. The van der Waals surface area contributed by atoms with Crippen molar-refractivity contribution in [3.8, 4) is 5.75 Å². The van der Waals surface area contributed by atoms with E-state index in [4.69, 9.17) is 21.1 Å². The molecule has 1 aromatic carbocycles. The minimum atomic E-state index is -3.27. The lowest BCUT2D eigenvalue weighted by molar-refractivity contribution is -0.211. The highest BCUT2D eigenvalue weighted by Crippen LogP contribution is 2.38. The molecule has 2 amide bonds. The Morgan fingerprint density at radius 2 is 1.82 bits per heavy atom. The van der Waals surface area contributed by atoms with Crippen molar-refractivity contribution in [2.45, 2.75) is 70.2 Å². The smallest absolute Gasteiger partial charge is 0.315 e. The van der Waals surface area contributed by atoms with Crippen molar-refractivity contribution in [1.82, 2.24) is 15.4 Å². The standard InChI is InChI=1S/C27H40ClN3O8S/c1-15(2)31-27(35)29-14-22-23(32)24(33)25(34)26(39-22)20-13-18(21(28)11-16(20)3)12-17-5-7-19(8-6-17)38-10-9-30-40(4,36)37/h5-8,13,15-16,22-26,30,32-34H,9-12,14H2,1-4H3,(H2,29,31,35)/t16?,22-,23-,24+,25-,26+/m1/s1. The van der Waals surface area contributed by atoms with Crippen LogP contribution >= 0.6 is 11.6 Å². The third-order valence-corrected chi connectivity index (χ3v) is 7.85. The van der Waals surface area contributed by atoms with Gasteiger partial charge in [-0.3, -0.25) is 0 Å². The number of allylic oxidation sites excluding steroid dienone is 3. The first-order chi connectivity index (χ1) is 18.7. The summed E-state index contributed by atoms with van der Waals surface area (Å²) in [6.45, 7) is 5.89. The number of ether oxygens (including phenoxy) is 2. The number of amides is 2. The lowest BCUT2D eigenvalue weighted by Gasteiger charge is -2.43. The number of urea groups is 1. The van der Waals surface area contributed by atoms with Gasteiger partial charge in [0.2, 0.25) is 10.0 Å². The molecule has 11 nitrogen and oxygen atoms in total. The van der Waals surface area contributed by atoms with Crippen LogP contribution < -0.4 is 20.1 Å². The highest BCUT2D eigenvalue weighted by atomic mass is 35.5. The molecule has 1 aliphatic heterocycles. The molecule has 40 heavy (non-hydrogen) atoms. The number of rotatable bonds is 11. The van der Waals surface area contributed by atoms with E-state index in [1.54, 1.807) is 12.1 Å². The first-order valence-corrected chi connectivity index (χ1v) is 15.5. The van der Waals surface area contributed by atoms with Crippen LogP contribution in [0.2, 0.25) is 0 Å². The molecular formula is C27H40ClN3O8S. The van der Waals surface area contributed by atoms with Gasteiger partial charge in [0.15, 0.2) is 0 Å². The monoisotopic (exact) mass is 601 g/mol. The topological polar surface area (TPSA) is 166 Å². The van der Waals surface area contributed by atoms with Crippen LogP contribution in [0.3, 0.4) is 0 Å². The van der Waals surface area contributed by atoms with Crippen molar-refractivity contribution in [3.63, 3.8) is 0 Å². The van der Waals surface area contributed by atoms with Gasteiger partial charge in [-0.2, -0.15) is 0 Å². The second-order valence-electron chi connectivity index (χ2n) is 10.6. The van der Waals surface area contributed by atoms with E-state index in [-0.39, 0.29) is 31.7 Å². The molecule has 0 aromatic heterocycles. The third kappa shape index (κ3) is 9.16. The van der Waals surface area contributed by atoms with Gasteiger partial charge in [-0.05, 0) is 61.4 Å². The molecule has 1 unspecified atom stereocenters. The average Bonchev–Trinajstić information content (AvgIpc) is 2.86. The number of benzene rings is 1. The Balaban J connectivity index is 1.69. The van der Waals surface area contributed by atoms with Crippen LogP contribution in [-0.2, 0) is 21.2 Å². The van der Waals surface area contributed by atoms with Gasteiger partial charge < -0.3 is 35.4 Å². The maximum absolute atomic E-state index is 12.0. The van der Waals surface area contributed by atoms with Crippen LogP contribution in [0.1, 0.15) is 32.8 Å². The number of nitrogens with one attached hydrogen (secondary N) is 3. The number of carbonyl (C=O) groups excluding carboxylic acids is 1. The molecule has 1 aliphatic carbocycles. The van der Waals surface area contributed by atoms with Gasteiger partial charge in [0.25, 0.3) is 0 Å². The third-order valence-electron chi connectivity index (χ3n) is 6.72. The van der Waals surface area contributed by atoms with Gasteiger partial charge in [-0.15, -0.1) is 0 Å². The van der Waals surface area contributed by atoms with E-state index in [1.165, 1.54) is 0 Å². The lowest BCUT2D eigenvalue weighted by Crippen LogP contribution is -2.61. The van der Waals surface area contributed by atoms with Gasteiger partial charge in [0.05, 0.1) is 6.26 Å². The zero-order valence-corrected chi connectivity index (χ0v) is 24.7. The molecule has 0 spiro atoms. The highest BCUT2D eigenvalue weighted by Gasteiger charge is 2.46. The van der Waals surface area contributed by atoms with Crippen LogP contribution in [0.5, 0.6) is 5.75 Å². The maximum atomic E-state index is 12.0. The normalized spacial score (nSPS) is 27.4. The molecule has 0 radical (unpaired) electrons. The van der Waals surface area contributed by atoms with E-state index in [1.807, 2.05) is 39.0 Å². The van der Waals surface area contributed by atoms with E-state index >= 15 is 0 Å². The first-order valence-electron chi connectivity index (χ1n) is 13.2. The molecule has 2 aliphatic rings. The molecule has 0 bridgehead atoms. The second-order valence-corrected chi connectivity index (χ2v) is 12.9. The van der Waals surface area contributed by atoms with Crippen molar-refractivity contribution in [2.75, 3.05) is 26.0 Å². The number of sulfonamides is 1. The van der Waals surface area contributed by atoms with Gasteiger partial charge in [-0.25, -0.2) is 17.9 Å². The van der Waals surface area contributed by atoms with Crippen molar-refractivity contribution < 1.29 is 38.0 Å².